The molecule has 1 aliphatic heterocycles. The number of hydrogen-bond acceptors (Lipinski definition) is 4. The predicted octanol–water partition coefficient (Wildman–Crippen LogP) is 1.84. The van der Waals surface area contributed by atoms with Gasteiger partial charge in [0, 0.05) is 12.4 Å². The summed E-state index contributed by atoms with van der Waals surface area (Å²) in [5, 5.41) is 2.81. The standard InChI is InChI=1S/C18H20N4O3/c1-11(22-17(24)12-5-2-3-6-13(12)18(22)25)16(23)20-15-8-4-7-14-19-9-10-21(14)15/h4,7-13H,2-3,5-6H2,1H3,(H,20,23). The van der Waals surface area contributed by atoms with Crippen LogP contribution in [0.2, 0.25) is 0 Å². The first-order chi connectivity index (χ1) is 12.1. The topological polar surface area (TPSA) is 83.8 Å². The Balaban J connectivity index is 1.55. The number of imide groups is 1. The van der Waals surface area contributed by atoms with Gasteiger partial charge in [-0.3, -0.25) is 23.7 Å². The Kier molecular flexibility index (Phi) is 3.78. The molecule has 1 saturated carbocycles. The van der Waals surface area contributed by atoms with Crippen LogP contribution in [0.5, 0.6) is 0 Å². The molecular weight excluding hydrogens is 320 g/mol. The van der Waals surface area contributed by atoms with Crippen molar-refractivity contribution in [2.45, 2.75) is 38.6 Å². The van der Waals surface area contributed by atoms with Crippen molar-refractivity contribution in [2.24, 2.45) is 11.8 Å². The van der Waals surface area contributed by atoms with Gasteiger partial charge in [0.2, 0.25) is 17.7 Å². The van der Waals surface area contributed by atoms with Gasteiger partial charge in [-0.1, -0.05) is 18.9 Å². The van der Waals surface area contributed by atoms with Gasteiger partial charge in [-0.05, 0) is 31.9 Å². The van der Waals surface area contributed by atoms with Crippen LogP contribution >= 0.6 is 0 Å². The van der Waals surface area contributed by atoms with E-state index in [9.17, 15) is 14.4 Å². The largest absolute Gasteiger partial charge is 0.310 e. The fourth-order valence-electron chi connectivity index (χ4n) is 3.97. The molecule has 3 unspecified atom stereocenters. The zero-order chi connectivity index (χ0) is 17.6. The van der Waals surface area contributed by atoms with Crippen LogP contribution < -0.4 is 5.32 Å². The molecule has 2 aliphatic rings. The number of nitrogens with one attached hydrogen (secondary N) is 1. The molecule has 130 valence electrons. The highest BCUT2D eigenvalue weighted by atomic mass is 16.2. The second-order valence-corrected chi connectivity index (χ2v) is 6.78. The molecule has 4 rings (SSSR count). The molecule has 1 N–H and O–H groups in total. The monoisotopic (exact) mass is 340 g/mol. The van der Waals surface area contributed by atoms with Gasteiger partial charge in [0.1, 0.15) is 17.5 Å². The van der Waals surface area contributed by atoms with E-state index in [4.69, 9.17) is 0 Å². The van der Waals surface area contributed by atoms with Crippen LogP contribution in [-0.2, 0) is 14.4 Å². The summed E-state index contributed by atoms with van der Waals surface area (Å²) in [6.45, 7) is 1.61. The smallest absolute Gasteiger partial charge is 0.248 e. The molecule has 7 nitrogen and oxygen atoms in total. The van der Waals surface area contributed by atoms with E-state index in [0.717, 1.165) is 25.7 Å². The molecule has 7 heteroatoms. The number of anilines is 1. The van der Waals surface area contributed by atoms with Crippen molar-refractivity contribution >= 4 is 29.2 Å². The maximum atomic E-state index is 12.7. The molecule has 0 spiro atoms. The van der Waals surface area contributed by atoms with Crippen LogP contribution in [0.25, 0.3) is 5.65 Å². The van der Waals surface area contributed by atoms with E-state index in [1.54, 1.807) is 35.9 Å². The van der Waals surface area contributed by atoms with Gasteiger partial charge >= 0.3 is 0 Å². The number of hydrogen-bond donors (Lipinski definition) is 1. The lowest BCUT2D eigenvalue weighted by atomic mass is 9.81. The summed E-state index contributed by atoms with van der Waals surface area (Å²) in [5.74, 6) is -0.691. The van der Waals surface area contributed by atoms with E-state index in [-0.39, 0.29) is 29.6 Å². The Morgan fingerprint density at radius 1 is 1.20 bits per heavy atom. The lowest BCUT2D eigenvalue weighted by Crippen LogP contribution is -2.46. The molecule has 2 fully saturated rings. The second kappa shape index (κ2) is 5.98. The third-order valence-electron chi connectivity index (χ3n) is 5.32. The van der Waals surface area contributed by atoms with Crippen LogP contribution in [0.3, 0.4) is 0 Å². The quantitative estimate of drug-likeness (QED) is 0.864. The van der Waals surface area contributed by atoms with E-state index < -0.39 is 6.04 Å². The van der Waals surface area contributed by atoms with E-state index >= 15 is 0 Å². The molecule has 25 heavy (non-hydrogen) atoms. The van der Waals surface area contributed by atoms with Crippen molar-refractivity contribution in [3.05, 3.63) is 30.6 Å². The van der Waals surface area contributed by atoms with Crippen LogP contribution in [0.4, 0.5) is 5.82 Å². The van der Waals surface area contributed by atoms with Crippen LogP contribution in [0, 0.1) is 11.8 Å². The van der Waals surface area contributed by atoms with E-state index in [0.29, 0.717) is 11.5 Å². The first kappa shape index (κ1) is 15.8. The lowest BCUT2D eigenvalue weighted by Gasteiger charge is -2.22. The van der Waals surface area contributed by atoms with Crippen molar-refractivity contribution in [1.29, 1.82) is 0 Å². The highest BCUT2D eigenvalue weighted by molar-refractivity contribution is 6.09. The molecule has 0 bridgehead atoms. The number of aromatic nitrogens is 2. The fourth-order valence-corrected chi connectivity index (χ4v) is 3.97. The maximum Gasteiger partial charge on any atom is 0.248 e. The number of amides is 3. The number of likely N-dealkylation sites (tertiary alicyclic amines) is 1. The molecule has 0 radical (unpaired) electrons. The van der Waals surface area contributed by atoms with Gasteiger partial charge in [0.05, 0.1) is 11.8 Å². The number of rotatable bonds is 3. The molecule has 1 aliphatic carbocycles. The first-order valence-electron chi connectivity index (χ1n) is 8.68. The van der Waals surface area contributed by atoms with E-state index in [2.05, 4.69) is 10.3 Å². The van der Waals surface area contributed by atoms with Gasteiger partial charge < -0.3 is 5.32 Å². The van der Waals surface area contributed by atoms with Crippen LogP contribution in [0.15, 0.2) is 30.6 Å². The van der Waals surface area contributed by atoms with Gasteiger partial charge in [0.15, 0.2) is 0 Å². The van der Waals surface area contributed by atoms with Crippen molar-refractivity contribution in [3.8, 4) is 0 Å². The Labute approximate surface area is 145 Å². The minimum atomic E-state index is -0.829. The molecule has 1 saturated heterocycles. The van der Waals surface area contributed by atoms with Crippen molar-refractivity contribution in [1.82, 2.24) is 14.3 Å². The van der Waals surface area contributed by atoms with Gasteiger partial charge in [0.25, 0.3) is 0 Å². The molecule has 3 heterocycles. The summed E-state index contributed by atoms with van der Waals surface area (Å²) in [4.78, 5) is 43.3. The maximum absolute atomic E-state index is 12.7. The Morgan fingerprint density at radius 3 is 2.56 bits per heavy atom. The minimum Gasteiger partial charge on any atom is -0.310 e. The van der Waals surface area contributed by atoms with Gasteiger partial charge in [-0.2, -0.15) is 0 Å². The van der Waals surface area contributed by atoms with E-state index in [1.807, 2.05) is 6.07 Å². The lowest BCUT2D eigenvalue weighted by molar-refractivity contribution is -0.146. The van der Waals surface area contributed by atoms with E-state index in [1.165, 1.54) is 4.90 Å². The van der Waals surface area contributed by atoms with Crippen LogP contribution in [-0.4, -0.2) is 38.0 Å². The first-order valence-corrected chi connectivity index (χ1v) is 8.68. The molecule has 2 aromatic heterocycles. The molecule has 3 atom stereocenters. The number of pyridine rings is 1. The van der Waals surface area contributed by atoms with Gasteiger partial charge in [-0.15, -0.1) is 0 Å². The summed E-state index contributed by atoms with van der Waals surface area (Å²) in [6.07, 6.45) is 6.82. The zero-order valence-corrected chi connectivity index (χ0v) is 14.0. The number of fused-ring (bicyclic) bond motifs is 2. The number of carbonyl (C=O) groups excluding carboxylic acids is 3. The third-order valence-corrected chi connectivity index (χ3v) is 5.32. The van der Waals surface area contributed by atoms with Crippen molar-refractivity contribution < 1.29 is 14.4 Å². The zero-order valence-electron chi connectivity index (χ0n) is 14.0. The molecule has 2 aromatic rings. The highest BCUT2D eigenvalue weighted by Gasteiger charge is 2.50. The van der Waals surface area contributed by atoms with Crippen LogP contribution in [0.1, 0.15) is 32.6 Å². The Bertz CT molecular complexity index is 835. The average molecular weight is 340 g/mol. The summed E-state index contributed by atoms with van der Waals surface area (Å²) < 4.78 is 1.75. The number of nitrogens with zero attached hydrogens (tertiary/aromatic N) is 3. The fraction of sp³-hybridized carbons (Fsp3) is 0.444. The summed E-state index contributed by atoms with van der Waals surface area (Å²) in [6, 6.07) is 4.55. The number of imidazole rings is 1. The SMILES string of the molecule is CC(C(=O)Nc1cccc2nccn12)N1C(=O)C2CCCCC2C1=O. The minimum absolute atomic E-state index is 0.196. The summed E-state index contributed by atoms with van der Waals surface area (Å²) >= 11 is 0. The average Bonchev–Trinajstić information content (AvgIpc) is 3.19. The normalized spacial score (nSPS) is 24.4. The Morgan fingerprint density at radius 2 is 1.88 bits per heavy atom. The predicted molar refractivity (Wildman–Crippen MR) is 90.6 cm³/mol. The molecule has 3 amide bonds. The highest BCUT2D eigenvalue weighted by Crippen LogP contribution is 2.38. The van der Waals surface area contributed by atoms with Crippen molar-refractivity contribution in [2.75, 3.05) is 5.32 Å². The third kappa shape index (κ3) is 2.50. The second-order valence-electron chi connectivity index (χ2n) is 6.78. The van der Waals surface area contributed by atoms with Crippen molar-refractivity contribution in [3.63, 3.8) is 0 Å². The number of carbonyl (C=O) groups is 3. The molecule has 0 aromatic carbocycles. The summed E-state index contributed by atoms with van der Waals surface area (Å²) in [5.41, 5.74) is 0.713. The molecular formula is C18H20N4O3. The van der Waals surface area contributed by atoms with Gasteiger partial charge in [-0.25, -0.2) is 4.98 Å². The summed E-state index contributed by atoms with van der Waals surface area (Å²) in [7, 11) is 0. The Hall–Kier alpha value is -2.70.